The van der Waals surface area contributed by atoms with Gasteiger partial charge in [0, 0.05) is 0 Å². The number of rotatable bonds is 3. The molecular formula is C16H11Cl2FN2OS. The lowest BCUT2D eigenvalue weighted by atomic mass is 10.1. The van der Waals surface area contributed by atoms with Crippen LogP contribution in [0.3, 0.4) is 0 Å². The smallest absolute Gasteiger partial charge is 0.239 e. The predicted molar refractivity (Wildman–Crippen MR) is 93.2 cm³/mol. The van der Waals surface area contributed by atoms with Crippen LogP contribution < -0.4 is 5.32 Å². The molecule has 23 heavy (non-hydrogen) atoms. The van der Waals surface area contributed by atoms with Crippen LogP contribution in [0.1, 0.15) is 5.56 Å². The molecule has 2 aromatic carbocycles. The molecular weight excluding hydrogens is 358 g/mol. The molecule has 118 valence electrons. The second-order valence-electron chi connectivity index (χ2n) is 4.94. The highest BCUT2D eigenvalue weighted by molar-refractivity contribution is 8.15. The summed E-state index contributed by atoms with van der Waals surface area (Å²) in [5.74, 6) is -0.434. The average Bonchev–Trinajstić information content (AvgIpc) is 2.85. The maximum Gasteiger partial charge on any atom is 0.239 e. The van der Waals surface area contributed by atoms with E-state index in [1.165, 1.54) is 23.9 Å². The van der Waals surface area contributed by atoms with E-state index in [2.05, 4.69) is 10.3 Å². The minimum atomic E-state index is -0.324. The number of hydrogen-bond acceptors (Lipinski definition) is 3. The summed E-state index contributed by atoms with van der Waals surface area (Å²) in [6.45, 7) is 0. The molecule has 0 saturated carbocycles. The van der Waals surface area contributed by atoms with E-state index in [4.69, 9.17) is 23.2 Å². The van der Waals surface area contributed by atoms with Crippen molar-refractivity contribution >= 4 is 51.7 Å². The highest BCUT2D eigenvalue weighted by atomic mass is 35.5. The minimum Gasteiger partial charge on any atom is -0.304 e. The van der Waals surface area contributed by atoms with Crippen LogP contribution in [0.15, 0.2) is 47.5 Å². The summed E-state index contributed by atoms with van der Waals surface area (Å²) >= 11 is 13.2. The number of nitrogens with one attached hydrogen (secondary N) is 1. The number of halogens is 3. The molecule has 0 bridgehead atoms. The first kappa shape index (κ1) is 16.3. The highest BCUT2D eigenvalue weighted by Crippen LogP contribution is 2.28. The van der Waals surface area contributed by atoms with Crippen molar-refractivity contribution in [3.8, 4) is 0 Å². The van der Waals surface area contributed by atoms with Crippen molar-refractivity contribution in [2.75, 3.05) is 0 Å². The number of hydrogen-bond donors (Lipinski definition) is 1. The number of amidine groups is 1. The van der Waals surface area contributed by atoms with Gasteiger partial charge in [-0.1, -0.05) is 41.0 Å². The predicted octanol–water partition coefficient (Wildman–Crippen LogP) is 4.59. The van der Waals surface area contributed by atoms with Gasteiger partial charge in [-0.25, -0.2) is 9.38 Å². The molecule has 3 nitrogen and oxygen atoms in total. The second-order valence-corrected chi connectivity index (χ2v) is 6.95. The molecule has 1 saturated heterocycles. The summed E-state index contributed by atoms with van der Waals surface area (Å²) in [6, 6.07) is 11.1. The van der Waals surface area contributed by atoms with Crippen LogP contribution in [-0.4, -0.2) is 16.3 Å². The highest BCUT2D eigenvalue weighted by Gasteiger charge is 2.30. The fraction of sp³-hybridized carbons (Fsp3) is 0.125. The molecule has 3 rings (SSSR count). The first-order chi connectivity index (χ1) is 11.0. The number of benzene rings is 2. The van der Waals surface area contributed by atoms with Gasteiger partial charge in [0.1, 0.15) is 5.82 Å². The van der Waals surface area contributed by atoms with Crippen LogP contribution in [0.25, 0.3) is 0 Å². The van der Waals surface area contributed by atoms with E-state index in [0.717, 1.165) is 5.56 Å². The number of carbonyl (C=O) groups is 1. The Balaban J connectivity index is 1.72. The van der Waals surface area contributed by atoms with E-state index < -0.39 is 0 Å². The molecule has 0 spiro atoms. The third kappa shape index (κ3) is 4.05. The molecule has 7 heteroatoms. The number of amides is 1. The van der Waals surface area contributed by atoms with Gasteiger partial charge in [-0.15, -0.1) is 0 Å². The first-order valence-corrected chi connectivity index (χ1v) is 8.40. The minimum absolute atomic E-state index is 0.109. The molecule has 1 amide bonds. The van der Waals surface area contributed by atoms with Crippen LogP contribution in [0.5, 0.6) is 0 Å². The zero-order valence-corrected chi connectivity index (χ0v) is 14.1. The quantitative estimate of drug-likeness (QED) is 0.860. The topological polar surface area (TPSA) is 41.5 Å². The Kier molecular flexibility index (Phi) is 4.90. The van der Waals surface area contributed by atoms with E-state index in [1.54, 1.807) is 24.3 Å². The summed E-state index contributed by atoms with van der Waals surface area (Å²) in [5.41, 5.74) is 1.51. The van der Waals surface area contributed by atoms with Crippen LogP contribution in [-0.2, 0) is 11.2 Å². The van der Waals surface area contributed by atoms with Gasteiger partial charge in [0.05, 0.1) is 21.0 Å². The monoisotopic (exact) mass is 368 g/mol. The Hall–Kier alpha value is -1.56. The van der Waals surface area contributed by atoms with E-state index in [0.29, 0.717) is 27.3 Å². The van der Waals surface area contributed by atoms with Crippen molar-refractivity contribution in [3.63, 3.8) is 0 Å². The number of aliphatic imine (C=N–C) groups is 1. The van der Waals surface area contributed by atoms with Gasteiger partial charge in [0.15, 0.2) is 5.17 Å². The van der Waals surface area contributed by atoms with Gasteiger partial charge in [-0.3, -0.25) is 4.79 Å². The van der Waals surface area contributed by atoms with Crippen molar-refractivity contribution in [3.05, 3.63) is 63.9 Å². The van der Waals surface area contributed by atoms with Gasteiger partial charge in [0.25, 0.3) is 0 Å². The fourth-order valence-electron chi connectivity index (χ4n) is 2.11. The lowest BCUT2D eigenvalue weighted by molar-refractivity contribution is -0.118. The molecule has 1 unspecified atom stereocenters. The van der Waals surface area contributed by atoms with Gasteiger partial charge in [0.2, 0.25) is 5.91 Å². The van der Waals surface area contributed by atoms with Crippen molar-refractivity contribution in [2.24, 2.45) is 4.99 Å². The van der Waals surface area contributed by atoms with Crippen molar-refractivity contribution < 1.29 is 9.18 Å². The second kappa shape index (κ2) is 6.91. The maximum absolute atomic E-state index is 12.9. The number of thioether (sulfide) groups is 1. The van der Waals surface area contributed by atoms with Gasteiger partial charge in [-0.05, 0) is 48.4 Å². The molecule has 1 N–H and O–H groups in total. The molecule has 1 heterocycles. The van der Waals surface area contributed by atoms with Crippen molar-refractivity contribution in [1.82, 2.24) is 5.32 Å². The van der Waals surface area contributed by atoms with Crippen molar-refractivity contribution in [1.29, 1.82) is 0 Å². The number of nitrogens with zero attached hydrogens (tertiary/aromatic N) is 1. The van der Waals surface area contributed by atoms with E-state index in [1.807, 2.05) is 6.07 Å². The molecule has 0 aliphatic carbocycles. The third-order valence-corrected chi connectivity index (χ3v) is 5.06. The van der Waals surface area contributed by atoms with Gasteiger partial charge in [-0.2, -0.15) is 0 Å². The summed E-state index contributed by atoms with van der Waals surface area (Å²) in [6.07, 6.45) is 0.524. The lowest BCUT2D eigenvalue weighted by Crippen LogP contribution is -2.25. The van der Waals surface area contributed by atoms with Crippen LogP contribution >= 0.6 is 35.0 Å². The maximum atomic E-state index is 12.9. The Morgan fingerprint density at radius 2 is 1.87 bits per heavy atom. The van der Waals surface area contributed by atoms with Crippen LogP contribution in [0, 0.1) is 5.82 Å². The summed E-state index contributed by atoms with van der Waals surface area (Å²) in [5, 5.41) is 3.90. The molecule has 1 atom stereocenters. The van der Waals surface area contributed by atoms with Crippen LogP contribution in [0.2, 0.25) is 10.0 Å². The zero-order valence-electron chi connectivity index (χ0n) is 11.7. The summed E-state index contributed by atoms with van der Waals surface area (Å²) in [7, 11) is 0. The van der Waals surface area contributed by atoms with Crippen LogP contribution in [0.4, 0.5) is 10.1 Å². The Morgan fingerprint density at radius 1 is 1.13 bits per heavy atom. The lowest BCUT2D eigenvalue weighted by Gasteiger charge is -2.06. The standard InChI is InChI=1S/C16H11Cl2FN2OS/c17-12-6-1-9(7-13(12)18)8-14-15(22)21-16(23-14)20-11-4-2-10(19)3-5-11/h1-7,14H,8H2,(H,20,21,22). The molecule has 0 radical (unpaired) electrons. The number of carbonyl (C=O) groups excluding carboxylic acids is 1. The van der Waals surface area contributed by atoms with E-state index in [9.17, 15) is 9.18 Å². The molecule has 0 aromatic heterocycles. The third-order valence-electron chi connectivity index (χ3n) is 3.24. The van der Waals surface area contributed by atoms with Gasteiger partial charge < -0.3 is 5.32 Å². The summed E-state index contributed by atoms with van der Waals surface area (Å²) in [4.78, 5) is 16.4. The average molecular weight is 369 g/mol. The molecule has 1 aliphatic heterocycles. The van der Waals surface area contributed by atoms with E-state index >= 15 is 0 Å². The SMILES string of the molecule is O=C1NC(=Nc2ccc(F)cc2)SC1Cc1ccc(Cl)c(Cl)c1. The first-order valence-electron chi connectivity index (χ1n) is 6.77. The zero-order chi connectivity index (χ0) is 16.4. The normalized spacial score (nSPS) is 19.2. The molecule has 1 fully saturated rings. The molecule has 1 aliphatic rings. The largest absolute Gasteiger partial charge is 0.304 e. The Morgan fingerprint density at radius 3 is 2.57 bits per heavy atom. The van der Waals surface area contributed by atoms with E-state index in [-0.39, 0.29) is 17.0 Å². The summed E-state index contributed by atoms with van der Waals surface area (Å²) < 4.78 is 12.9. The Labute approximate surface area is 146 Å². The Bertz CT molecular complexity index is 780. The molecule has 2 aromatic rings. The van der Waals surface area contributed by atoms with Crippen molar-refractivity contribution in [2.45, 2.75) is 11.7 Å². The van der Waals surface area contributed by atoms with Gasteiger partial charge >= 0.3 is 0 Å². The fourth-order valence-corrected chi connectivity index (χ4v) is 3.46.